The van der Waals surface area contributed by atoms with Gasteiger partial charge in [-0.1, -0.05) is 0 Å². The minimum atomic E-state index is -3.85. The van der Waals surface area contributed by atoms with Gasteiger partial charge in [-0.05, 0) is 52.0 Å². The molecule has 0 aliphatic rings. The fraction of sp³-hybridized carbons (Fsp3) is 0.0833. The summed E-state index contributed by atoms with van der Waals surface area (Å²) in [7, 11) is -3.85. The first-order valence-electron chi connectivity index (χ1n) is 5.40. The van der Waals surface area contributed by atoms with Crippen LogP contribution in [0.25, 0.3) is 0 Å². The average Bonchev–Trinajstić information content (AvgIpc) is 2.83. The minimum absolute atomic E-state index is 0.0728. The average molecular weight is 376 g/mol. The predicted molar refractivity (Wildman–Crippen MR) is 81.0 cm³/mol. The van der Waals surface area contributed by atoms with Crippen molar-refractivity contribution in [2.24, 2.45) is 0 Å². The summed E-state index contributed by atoms with van der Waals surface area (Å²) >= 11 is 4.55. The third-order valence-corrected chi connectivity index (χ3v) is 5.93. The lowest BCUT2D eigenvalue weighted by Crippen LogP contribution is -2.14. The number of carboxylic acid groups (broad SMARTS) is 1. The lowest BCUT2D eigenvalue weighted by molar-refractivity contribution is 0.0696. The van der Waals surface area contributed by atoms with E-state index in [1.54, 1.807) is 23.8 Å². The summed E-state index contributed by atoms with van der Waals surface area (Å²) in [5.74, 6) is -1.17. The van der Waals surface area contributed by atoms with Crippen LogP contribution in [0.4, 0.5) is 5.69 Å². The van der Waals surface area contributed by atoms with Crippen molar-refractivity contribution in [3.05, 3.63) is 44.6 Å². The van der Waals surface area contributed by atoms with Crippen LogP contribution >= 0.6 is 27.3 Å². The molecule has 0 fully saturated rings. The Morgan fingerprint density at radius 3 is 2.65 bits per heavy atom. The van der Waals surface area contributed by atoms with Gasteiger partial charge in [-0.15, -0.1) is 0 Å². The van der Waals surface area contributed by atoms with E-state index in [9.17, 15) is 13.2 Å². The molecule has 0 aliphatic carbocycles. The maximum Gasteiger partial charge on any atom is 0.335 e. The number of carbonyl (C=O) groups is 1. The van der Waals surface area contributed by atoms with E-state index in [0.717, 1.165) is 6.07 Å². The Morgan fingerprint density at radius 1 is 1.40 bits per heavy atom. The van der Waals surface area contributed by atoms with Crippen molar-refractivity contribution in [1.82, 2.24) is 0 Å². The first-order chi connectivity index (χ1) is 9.31. The zero-order chi connectivity index (χ0) is 14.9. The Labute approximate surface area is 128 Å². The molecule has 8 heteroatoms. The zero-order valence-electron chi connectivity index (χ0n) is 10.3. The quantitative estimate of drug-likeness (QED) is 0.858. The Morgan fingerprint density at radius 2 is 2.10 bits per heavy atom. The van der Waals surface area contributed by atoms with Crippen molar-refractivity contribution in [2.75, 3.05) is 4.72 Å². The molecule has 2 aromatic rings. The second-order valence-corrected chi connectivity index (χ2v) is 7.25. The van der Waals surface area contributed by atoms with Crippen LogP contribution in [0.5, 0.6) is 0 Å². The molecule has 0 unspecified atom stereocenters. The van der Waals surface area contributed by atoms with E-state index in [2.05, 4.69) is 20.7 Å². The molecule has 1 heterocycles. The first kappa shape index (κ1) is 15.0. The third kappa shape index (κ3) is 3.02. The molecular formula is C12H10BrNO4S2. The molecule has 0 bridgehead atoms. The van der Waals surface area contributed by atoms with Gasteiger partial charge in [0.2, 0.25) is 0 Å². The summed E-state index contributed by atoms with van der Waals surface area (Å²) in [6.45, 7) is 1.64. The van der Waals surface area contributed by atoms with Gasteiger partial charge in [-0.25, -0.2) is 13.2 Å². The second-order valence-electron chi connectivity index (χ2n) is 4.03. The van der Waals surface area contributed by atoms with E-state index in [-0.39, 0.29) is 10.5 Å². The molecule has 0 saturated heterocycles. The van der Waals surface area contributed by atoms with E-state index >= 15 is 0 Å². The van der Waals surface area contributed by atoms with E-state index < -0.39 is 16.0 Å². The molecule has 0 spiro atoms. The third-order valence-electron chi connectivity index (χ3n) is 2.53. The summed E-state index contributed by atoms with van der Waals surface area (Å²) in [6.07, 6.45) is 0. The summed E-state index contributed by atoms with van der Waals surface area (Å²) in [5.41, 5.74) is 0.910. The number of benzene rings is 1. The highest BCUT2D eigenvalue weighted by Gasteiger charge is 2.21. The van der Waals surface area contributed by atoms with E-state index in [4.69, 9.17) is 5.11 Å². The number of nitrogens with one attached hydrogen (secondary N) is 1. The molecule has 0 amide bonds. The number of aromatic carboxylic acids is 1. The van der Waals surface area contributed by atoms with Gasteiger partial charge in [0.15, 0.2) is 0 Å². The number of thiophene rings is 1. The van der Waals surface area contributed by atoms with Gasteiger partial charge in [-0.2, -0.15) is 11.3 Å². The van der Waals surface area contributed by atoms with Crippen molar-refractivity contribution in [3.8, 4) is 0 Å². The highest BCUT2D eigenvalue weighted by Crippen LogP contribution is 2.29. The lowest BCUT2D eigenvalue weighted by Gasteiger charge is -2.11. The number of hydrogen-bond donors (Lipinski definition) is 2. The molecule has 1 aromatic heterocycles. The summed E-state index contributed by atoms with van der Waals surface area (Å²) in [6, 6.07) is 4.17. The molecule has 2 N–H and O–H groups in total. The normalized spacial score (nSPS) is 11.3. The molecule has 20 heavy (non-hydrogen) atoms. The highest BCUT2D eigenvalue weighted by atomic mass is 79.9. The van der Waals surface area contributed by atoms with Crippen LogP contribution in [-0.2, 0) is 10.0 Å². The van der Waals surface area contributed by atoms with Crippen LogP contribution in [0.3, 0.4) is 0 Å². The molecular weight excluding hydrogens is 366 g/mol. The van der Waals surface area contributed by atoms with E-state index in [1.807, 2.05) is 0 Å². The number of hydrogen-bond acceptors (Lipinski definition) is 4. The minimum Gasteiger partial charge on any atom is -0.478 e. The Hall–Kier alpha value is -1.38. The number of sulfonamides is 1. The van der Waals surface area contributed by atoms with E-state index in [1.165, 1.54) is 17.4 Å². The van der Waals surface area contributed by atoms with Gasteiger partial charge in [0.05, 0.1) is 11.3 Å². The van der Waals surface area contributed by atoms with Gasteiger partial charge in [0.1, 0.15) is 4.90 Å². The topological polar surface area (TPSA) is 83.5 Å². The van der Waals surface area contributed by atoms with Crippen molar-refractivity contribution in [2.45, 2.75) is 11.8 Å². The predicted octanol–water partition coefficient (Wildman–Crippen LogP) is 3.32. The van der Waals surface area contributed by atoms with Gasteiger partial charge in [0, 0.05) is 9.85 Å². The summed E-state index contributed by atoms with van der Waals surface area (Å²) in [5, 5.41) is 12.4. The molecule has 0 radical (unpaired) electrons. The highest BCUT2D eigenvalue weighted by molar-refractivity contribution is 9.10. The van der Waals surface area contributed by atoms with Crippen molar-refractivity contribution < 1.29 is 18.3 Å². The largest absolute Gasteiger partial charge is 0.478 e. The maximum atomic E-state index is 12.3. The maximum absolute atomic E-state index is 12.3. The van der Waals surface area contributed by atoms with Gasteiger partial charge >= 0.3 is 5.97 Å². The molecule has 0 saturated carbocycles. The van der Waals surface area contributed by atoms with Crippen LogP contribution < -0.4 is 4.72 Å². The lowest BCUT2D eigenvalue weighted by atomic mass is 10.1. The van der Waals surface area contributed by atoms with Crippen molar-refractivity contribution >= 4 is 48.9 Å². The standard InChI is InChI=1S/C12H10BrNO4S2/c1-7-4-8(12(15)16)5-10(11(7)13)20(17,18)14-9-2-3-19-6-9/h2-6,14H,1H3,(H,15,16). The molecule has 5 nitrogen and oxygen atoms in total. The number of carboxylic acids is 1. The number of aryl methyl sites for hydroxylation is 1. The van der Waals surface area contributed by atoms with Crippen molar-refractivity contribution in [3.63, 3.8) is 0 Å². The second kappa shape index (κ2) is 5.55. The van der Waals surface area contributed by atoms with Crippen molar-refractivity contribution in [1.29, 1.82) is 0 Å². The smallest absolute Gasteiger partial charge is 0.335 e. The molecule has 1 aromatic carbocycles. The number of halogens is 1. The zero-order valence-corrected chi connectivity index (χ0v) is 13.5. The fourth-order valence-electron chi connectivity index (χ4n) is 1.59. The molecule has 0 atom stereocenters. The molecule has 106 valence electrons. The van der Waals surface area contributed by atoms with Gasteiger partial charge < -0.3 is 5.11 Å². The van der Waals surface area contributed by atoms with Crippen LogP contribution in [0.1, 0.15) is 15.9 Å². The Bertz CT molecular complexity index is 754. The summed E-state index contributed by atoms with van der Waals surface area (Å²) in [4.78, 5) is 10.9. The summed E-state index contributed by atoms with van der Waals surface area (Å²) < 4.78 is 27.4. The van der Waals surface area contributed by atoms with E-state index in [0.29, 0.717) is 15.7 Å². The van der Waals surface area contributed by atoms with Gasteiger partial charge in [-0.3, -0.25) is 4.72 Å². The monoisotopic (exact) mass is 375 g/mol. The van der Waals surface area contributed by atoms with Crippen LogP contribution in [0.2, 0.25) is 0 Å². The van der Waals surface area contributed by atoms with Crippen LogP contribution in [0, 0.1) is 6.92 Å². The Balaban J connectivity index is 2.53. The first-order valence-corrected chi connectivity index (χ1v) is 8.61. The fourth-order valence-corrected chi connectivity index (χ4v) is 4.35. The number of anilines is 1. The van der Waals surface area contributed by atoms with Crippen LogP contribution in [-0.4, -0.2) is 19.5 Å². The SMILES string of the molecule is Cc1cc(C(=O)O)cc(S(=O)(=O)Nc2ccsc2)c1Br. The van der Waals surface area contributed by atoms with Gasteiger partial charge in [0.25, 0.3) is 10.0 Å². The molecule has 0 aliphatic heterocycles. The number of rotatable bonds is 4. The van der Waals surface area contributed by atoms with Crippen LogP contribution in [0.15, 0.2) is 38.3 Å². The molecule has 2 rings (SSSR count). The Kier molecular flexibility index (Phi) is 4.17.